The molecule has 2 rings (SSSR count). The smallest absolute Gasteiger partial charge is 0.146 e. The summed E-state index contributed by atoms with van der Waals surface area (Å²) in [5.74, 6) is 1.71. The van der Waals surface area contributed by atoms with E-state index < -0.39 is 0 Å². The summed E-state index contributed by atoms with van der Waals surface area (Å²) >= 11 is 3.44. The summed E-state index contributed by atoms with van der Waals surface area (Å²) < 4.78 is 12.3. The Morgan fingerprint density at radius 1 is 1.32 bits per heavy atom. The van der Waals surface area contributed by atoms with Crippen molar-refractivity contribution in [2.45, 2.75) is 27.0 Å². The van der Waals surface area contributed by atoms with Gasteiger partial charge in [0.25, 0.3) is 0 Å². The Labute approximate surface area is 122 Å². The molecular formula is C15H18BrNO2. The number of furan rings is 1. The first-order valence-corrected chi connectivity index (χ1v) is 7.14. The van der Waals surface area contributed by atoms with Gasteiger partial charge in [-0.1, -0.05) is 28.9 Å². The van der Waals surface area contributed by atoms with Gasteiger partial charge in [-0.3, -0.25) is 0 Å². The molecule has 0 fully saturated rings. The highest BCUT2D eigenvalue weighted by molar-refractivity contribution is 9.10. The lowest BCUT2D eigenvalue weighted by Crippen LogP contribution is -2.10. The van der Waals surface area contributed by atoms with E-state index in [1.807, 2.05) is 31.2 Å². The summed E-state index contributed by atoms with van der Waals surface area (Å²) in [7, 11) is 0. The molecule has 0 bridgehead atoms. The lowest BCUT2D eigenvalue weighted by atomic mass is 10.2. The molecule has 1 aromatic heterocycles. The van der Waals surface area contributed by atoms with E-state index in [1.54, 1.807) is 6.26 Å². The molecule has 0 unspecified atom stereocenters. The lowest BCUT2D eigenvalue weighted by molar-refractivity contribution is 0.268. The number of hydrogen-bond donors (Lipinski definition) is 1. The number of halogens is 1. The van der Waals surface area contributed by atoms with E-state index in [0.29, 0.717) is 6.61 Å². The Morgan fingerprint density at radius 2 is 2.16 bits per heavy atom. The summed E-state index contributed by atoms with van der Waals surface area (Å²) in [5, 5.41) is 3.26. The first-order valence-electron chi connectivity index (χ1n) is 6.35. The molecule has 0 amide bonds. The predicted molar refractivity (Wildman–Crippen MR) is 79.3 cm³/mol. The van der Waals surface area contributed by atoms with Gasteiger partial charge in [0.1, 0.15) is 18.1 Å². The van der Waals surface area contributed by atoms with Gasteiger partial charge < -0.3 is 14.5 Å². The second kappa shape index (κ2) is 6.78. The minimum Gasteiger partial charge on any atom is -0.485 e. The summed E-state index contributed by atoms with van der Waals surface area (Å²) in [6.07, 6.45) is 1.77. The number of hydrogen-bond acceptors (Lipinski definition) is 3. The van der Waals surface area contributed by atoms with Crippen molar-refractivity contribution >= 4 is 15.9 Å². The van der Waals surface area contributed by atoms with Crippen molar-refractivity contribution in [3.63, 3.8) is 0 Å². The van der Waals surface area contributed by atoms with Gasteiger partial charge in [0.2, 0.25) is 0 Å². The highest BCUT2D eigenvalue weighted by atomic mass is 79.9. The maximum absolute atomic E-state index is 5.78. The van der Waals surface area contributed by atoms with Crippen molar-refractivity contribution in [2.24, 2.45) is 0 Å². The van der Waals surface area contributed by atoms with Crippen molar-refractivity contribution in [1.82, 2.24) is 5.32 Å². The molecule has 0 saturated carbocycles. The van der Waals surface area contributed by atoms with Crippen molar-refractivity contribution in [2.75, 3.05) is 6.54 Å². The summed E-state index contributed by atoms with van der Waals surface area (Å²) in [4.78, 5) is 0. The molecular weight excluding hydrogens is 306 g/mol. The number of ether oxygens (including phenoxy) is 1. The van der Waals surface area contributed by atoms with Gasteiger partial charge in [0.15, 0.2) is 0 Å². The van der Waals surface area contributed by atoms with Crippen LogP contribution in [0.1, 0.15) is 23.8 Å². The van der Waals surface area contributed by atoms with Crippen LogP contribution in [0.5, 0.6) is 5.75 Å². The van der Waals surface area contributed by atoms with Crippen LogP contribution in [0.25, 0.3) is 0 Å². The van der Waals surface area contributed by atoms with Crippen LogP contribution in [0.3, 0.4) is 0 Å². The molecule has 0 atom stereocenters. The molecule has 0 saturated heterocycles. The second-order valence-electron chi connectivity index (χ2n) is 4.40. The van der Waals surface area contributed by atoms with E-state index >= 15 is 0 Å². The third kappa shape index (κ3) is 4.11. The first-order chi connectivity index (χ1) is 9.19. The zero-order valence-corrected chi connectivity index (χ0v) is 12.8. The molecule has 0 aliphatic rings. The molecule has 4 heteroatoms. The van der Waals surface area contributed by atoms with Crippen LogP contribution in [-0.2, 0) is 13.2 Å². The minimum atomic E-state index is 0.448. The second-order valence-corrected chi connectivity index (χ2v) is 5.32. The van der Waals surface area contributed by atoms with Gasteiger partial charge in [0, 0.05) is 16.6 Å². The molecule has 1 heterocycles. The monoisotopic (exact) mass is 323 g/mol. The summed E-state index contributed by atoms with van der Waals surface area (Å²) in [6.45, 7) is 6.34. The van der Waals surface area contributed by atoms with Crippen LogP contribution >= 0.6 is 15.9 Å². The van der Waals surface area contributed by atoms with Gasteiger partial charge in [0.05, 0.1) is 6.26 Å². The fraction of sp³-hybridized carbons (Fsp3) is 0.333. The third-order valence-electron chi connectivity index (χ3n) is 2.81. The van der Waals surface area contributed by atoms with E-state index in [0.717, 1.165) is 40.2 Å². The molecule has 1 aromatic carbocycles. The largest absolute Gasteiger partial charge is 0.485 e. The number of aryl methyl sites for hydroxylation is 1. The molecule has 0 radical (unpaired) electrons. The molecule has 0 spiro atoms. The van der Waals surface area contributed by atoms with E-state index in [-0.39, 0.29) is 0 Å². The van der Waals surface area contributed by atoms with Crippen LogP contribution in [-0.4, -0.2) is 6.54 Å². The van der Waals surface area contributed by atoms with Crippen LogP contribution in [0.2, 0.25) is 0 Å². The molecule has 1 N–H and O–H groups in total. The zero-order valence-electron chi connectivity index (χ0n) is 11.2. The average molecular weight is 324 g/mol. The quantitative estimate of drug-likeness (QED) is 0.871. The average Bonchev–Trinajstić information content (AvgIpc) is 2.85. The minimum absolute atomic E-state index is 0.448. The fourth-order valence-electron chi connectivity index (χ4n) is 1.74. The third-order valence-corrected chi connectivity index (χ3v) is 3.30. The number of nitrogens with one attached hydrogen (secondary N) is 1. The Hall–Kier alpha value is -1.26. The summed E-state index contributed by atoms with van der Waals surface area (Å²) in [6, 6.07) is 8.02. The molecule has 2 aromatic rings. The zero-order chi connectivity index (χ0) is 13.7. The molecule has 0 aliphatic heterocycles. The number of rotatable bonds is 6. The molecule has 102 valence electrons. The van der Waals surface area contributed by atoms with E-state index in [9.17, 15) is 0 Å². The van der Waals surface area contributed by atoms with Gasteiger partial charge in [-0.15, -0.1) is 0 Å². The van der Waals surface area contributed by atoms with Gasteiger partial charge in [-0.05, 0) is 37.2 Å². The molecule has 0 aliphatic carbocycles. The normalized spacial score (nSPS) is 10.7. The standard InChI is InChI=1S/C15H18BrNO2/c1-3-17-8-12-6-14(18-9-12)10-19-15-7-13(16)5-4-11(15)2/h4-7,9,17H,3,8,10H2,1-2H3. The SMILES string of the molecule is CCNCc1coc(COc2cc(Br)ccc2C)c1. The number of benzene rings is 1. The Balaban J connectivity index is 1.94. The highest BCUT2D eigenvalue weighted by Crippen LogP contribution is 2.24. The van der Waals surface area contributed by atoms with Gasteiger partial charge in [-0.25, -0.2) is 0 Å². The Kier molecular flexibility index (Phi) is 5.05. The van der Waals surface area contributed by atoms with E-state index in [2.05, 4.69) is 28.2 Å². The maximum Gasteiger partial charge on any atom is 0.146 e. The first kappa shape index (κ1) is 14.2. The maximum atomic E-state index is 5.78. The predicted octanol–water partition coefficient (Wildman–Crippen LogP) is 4.04. The van der Waals surface area contributed by atoms with Crippen LogP contribution in [0, 0.1) is 6.92 Å². The fourth-order valence-corrected chi connectivity index (χ4v) is 2.08. The van der Waals surface area contributed by atoms with Crippen molar-refractivity contribution in [1.29, 1.82) is 0 Å². The van der Waals surface area contributed by atoms with E-state index in [4.69, 9.17) is 9.15 Å². The molecule has 19 heavy (non-hydrogen) atoms. The topological polar surface area (TPSA) is 34.4 Å². The Morgan fingerprint density at radius 3 is 2.95 bits per heavy atom. The van der Waals surface area contributed by atoms with Crippen molar-refractivity contribution < 1.29 is 9.15 Å². The van der Waals surface area contributed by atoms with Crippen LogP contribution in [0.4, 0.5) is 0 Å². The van der Waals surface area contributed by atoms with Crippen molar-refractivity contribution in [3.05, 3.63) is 51.9 Å². The Bertz CT molecular complexity index is 537. The van der Waals surface area contributed by atoms with E-state index in [1.165, 1.54) is 0 Å². The molecule has 3 nitrogen and oxygen atoms in total. The van der Waals surface area contributed by atoms with Gasteiger partial charge in [-0.2, -0.15) is 0 Å². The van der Waals surface area contributed by atoms with Crippen LogP contribution in [0.15, 0.2) is 39.4 Å². The van der Waals surface area contributed by atoms with Crippen LogP contribution < -0.4 is 10.1 Å². The lowest BCUT2D eigenvalue weighted by Gasteiger charge is -2.07. The summed E-state index contributed by atoms with van der Waals surface area (Å²) in [5.41, 5.74) is 2.26. The highest BCUT2D eigenvalue weighted by Gasteiger charge is 2.05. The van der Waals surface area contributed by atoms with Crippen molar-refractivity contribution in [3.8, 4) is 5.75 Å². The van der Waals surface area contributed by atoms with Gasteiger partial charge >= 0.3 is 0 Å².